The van der Waals surface area contributed by atoms with Crippen LogP contribution in [-0.2, 0) is 10.0 Å². The molecule has 1 atom stereocenters. The largest absolute Gasteiger partial charge is 0.329 e. The third-order valence-corrected chi connectivity index (χ3v) is 5.13. The number of hydrogen-bond acceptors (Lipinski definition) is 3. The average Bonchev–Trinajstić information content (AvgIpc) is 2.75. The zero-order valence-electron chi connectivity index (χ0n) is 9.94. The van der Waals surface area contributed by atoms with Crippen molar-refractivity contribution in [2.75, 3.05) is 13.1 Å². The number of hydrogen-bond donors (Lipinski definition) is 1. The molecule has 106 valence electrons. The Morgan fingerprint density at radius 2 is 1.84 bits per heavy atom. The summed E-state index contributed by atoms with van der Waals surface area (Å²) in [5, 5.41) is 0. The first kappa shape index (κ1) is 14.3. The molecule has 8 heteroatoms. The summed E-state index contributed by atoms with van der Waals surface area (Å²) in [5.41, 5.74) is 5.45. The van der Waals surface area contributed by atoms with Crippen LogP contribution in [0.3, 0.4) is 0 Å². The number of halogens is 3. The summed E-state index contributed by atoms with van der Waals surface area (Å²) in [7, 11) is -4.34. The van der Waals surface area contributed by atoms with E-state index >= 15 is 0 Å². The Balaban J connectivity index is 2.51. The van der Waals surface area contributed by atoms with Crippen LogP contribution in [0, 0.1) is 17.5 Å². The Labute approximate surface area is 109 Å². The molecular weight excluding hydrogens is 281 g/mol. The van der Waals surface area contributed by atoms with Gasteiger partial charge in [-0.05, 0) is 12.8 Å². The standard InChI is InChI=1S/C11H13F3N2O2S/c12-7-4-9(13)11(10(14)5-7)19(17,18)16-3-1-2-8(16)6-15/h4-5,8H,1-3,6,15H2. The van der Waals surface area contributed by atoms with Gasteiger partial charge in [-0.1, -0.05) is 0 Å². The predicted octanol–water partition coefficient (Wildman–Crippen LogP) is 1.22. The molecule has 0 saturated carbocycles. The van der Waals surface area contributed by atoms with E-state index in [1.54, 1.807) is 0 Å². The minimum absolute atomic E-state index is 0.0731. The second-order valence-corrected chi connectivity index (χ2v) is 6.17. The summed E-state index contributed by atoms with van der Waals surface area (Å²) in [4.78, 5) is -1.12. The molecule has 1 heterocycles. The quantitative estimate of drug-likeness (QED) is 0.911. The van der Waals surface area contributed by atoms with Gasteiger partial charge in [-0.25, -0.2) is 21.6 Å². The summed E-state index contributed by atoms with van der Waals surface area (Å²) in [6, 6.07) is 0.223. The van der Waals surface area contributed by atoms with E-state index in [-0.39, 0.29) is 13.1 Å². The topological polar surface area (TPSA) is 63.4 Å². The molecular formula is C11H13F3N2O2S. The van der Waals surface area contributed by atoms with E-state index in [1.807, 2.05) is 0 Å². The molecule has 1 aromatic carbocycles. The maximum atomic E-state index is 13.6. The van der Waals surface area contributed by atoms with Crippen LogP contribution in [-0.4, -0.2) is 31.9 Å². The van der Waals surface area contributed by atoms with Crippen LogP contribution >= 0.6 is 0 Å². The van der Waals surface area contributed by atoms with Gasteiger partial charge in [0, 0.05) is 31.3 Å². The van der Waals surface area contributed by atoms with E-state index in [0.717, 1.165) is 4.31 Å². The molecule has 1 fully saturated rings. The summed E-state index contributed by atoms with van der Waals surface area (Å²) < 4.78 is 65.4. The molecule has 2 rings (SSSR count). The summed E-state index contributed by atoms with van der Waals surface area (Å²) >= 11 is 0. The first-order valence-corrected chi connectivity index (χ1v) is 7.18. The molecule has 0 radical (unpaired) electrons. The summed E-state index contributed by atoms with van der Waals surface area (Å²) in [6.45, 7) is 0.226. The smallest absolute Gasteiger partial charge is 0.249 e. The van der Waals surface area contributed by atoms with Crippen molar-refractivity contribution in [1.29, 1.82) is 0 Å². The van der Waals surface area contributed by atoms with E-state index in [9.17, 15) is 21.6 Å². The lowest BCUT2D eigenvalue weighted by atomic mass is 10.2. The van der Waals surface area contributed by atoms with Crippen LogP contribution in [0.15, 0.2) is 17.0 Å². The van der Waals surface area contributed by atoms with Crippen molar-refractivity contribution in [3.8, 4) is 0 Å². The molecule has 0 spiro atoms. The Morgan fingerprint density at radius 3 is 2.37 bits per heavy atom. The molecule has 0 amide bonds. The van der Waals surface area contributed by atoms with Crippen LogP contribution < -0.4 is 5.73 Å². The van der Waals surface area contributed by atoms with Gasteiger partial charge in [-0.2, -0.15) is 4.31 Å². The normalized spacial score (nSPS) is 20.9. The Bertz CT molecular complexity index is 569. The van der Waals surface area contributed by atoms with Crippen LogP contribution in [0.4, 0.5) is 13.2 Å². The van der Waals surface area contributed by atoms with Gasteiger partial charge in [0.1, 0.15) is 17.5 Å². The monoisotopic (exact) mass is 294 g/mol. The summed E-state index contributed by atoms with van der Waals surface area (Å²) in [5.74, 6) is -4.02. The van der Waals surface area contributed by atoms with Crippen molar-refractivity contribution < 1.29 is 21.6 Å². The second-order valence-electron chi connectivity index (χ2n) is 4.35. The number of nitrogens with zero attached hydrogens (tertiary/aromatic N) is 1. The van der Waals surface area contributed by atoms with E-state index in [4.69, 9.17) is 5.73 Å². The highest BCUT2D eigenvalue weighted by Gasteiger charge is 2.38. The van der Waals surface area contributed by atoms with Gasteiger partial charge < -0.3 is 5.73 Å². The van der Waals surface area contributed by atoms with Crippen LogP contribution in [0.25, 0.3) is 0 Å². The van der Waals surface area contributed by atoms with Crippen LogP contribution in [0.1, 0.15) is 12.8 Å². The van der Waals surface area contributed by atoms with Crippen molar-refractivity contribution in [1.82, 2.24) is 4.31 Å². The lowest BCUT2D eigenvalue weighted by Crippen LogP contribution is -2.40. The first-order chi connectivity index (χ1) is 8.87. The predicted molar refractivity (Wildman–Crippen MR) is 62.3 cm³/mol. The minimum atomic E-state index is -4.34. The van der Waals surface area contributed by atoms with E-state index in [2.05, 4.69) is 0 Å². The third kappa shape index (κ3) is 2.47. The lowest BCUT2D eigenvalue weighted by molar-refractivity contribution is 0.385. The highest BCUT2D eigenvalue weighted by atomic mass is 32.2. The zero-order valence-corrected chi connectivity index (χ0v) is 10.8. The van der Waals surface area contributed by atoms with Crippen molar-refractivity contribution in [3.63, 3.8) is 0 Å². The number of sulfonamides is 1. The van der Waals surface area contributed by atoms with Crippen molar-refractivity contribution >= 4 is 10.0 Å². The van der Waals surface area contributed by atoms with Crippen molar-refractivity contribution in [3.05, 3.63) is 29.6 Å². The number of benzene rings is 1. The lowest BCUT2D eigenvalue weighted by Gasteiger charge is -2.23. The van der Waals surface area contributed by atoms with Gasteiger partial charge in [-0.3, -0.25) is 0 Å². The SMILES string of the molecule is NCC1CCCN1S(=O)(=O)c1c(F)cc(F)cc1F. The molecule has 0 aromatic heterocycles. The molecule has 0 aliphatic carbocycles. The molecule has 1 aliphatic heterocycles. The fourth-order valence-electron chi connectivity index (χ4n) is 2.25. The maximum absolute atomic E-state index is 13.6. The van der Waals surface area contributed by atoms with E-state index in [1.165, 1.54) is 0 Å². The highest BCUT2D eigenvalue weighted by Crippen LogP contribution is 2.29. The molecule has 0 bridgehead atoms. The Kier molecular flexibility index (Phi) is 3.84. The van der Waals surface area contributed by atoms with Gasteiger partial charge in [0.25, 0.3) is 0 Å². The molecule has 1 aromatic rings. The second kappa shape index (κ2) is 5.10. The van der Waals surface area contributed by atoms with E-state index in [0.29, 0.717) is 25.0 Å². The zero-order chi connectivity index (χ0) is 14.2. The molecule has 1 unspecified atom stereocenters. The van der Waals surface area contributed by atoms with Crippen molar-refractivity contribution in [2.45, 2.75) is 23.8 Å². The van der Waals surface area contributed by atoms with Crippen molar-refractivity contribution in [2.24, 2.45) is 5.73 Å². The first-order valence-electron chi connectivity index (χ1n) is 5.74. The fraction of sp³-hybridized carbons (Fsp3) is 0.455. The Morgan fingerprint density at radius 1 is 1.26 bits per heavy atom. The molecule has 2 N–H and O–H groups in total. The molecule has 19 heavy (non-hydrogen) atoms. The average molecular weight is 294 g/mol. The van der Waals surface area contributed by atoms with E-state index < -0.39 is 38.4 Å². The minimum Gasteiger partial charge on any atom is -0.329 e. The Hall–Kier alpha value is -1.12. The highest BCUT2D eigenvalue weighted by molar-refractivity contribution is 7.89. The van der Waals surface area contributed by atoms with Gasteiger partial charge in [0.05, 0.1) is 0 Å². The van der Waals surface area contributed by atoms with Crippen LogP contribution in [0.2, 0.25) is 0 Å². The number of nitrogens with two attached hydrogens (primary N) is 1. The molecule has 1 aliphatic rings. The maximum Gasteiger partial charge on any atom is 0.249 e. The van der Waals surface area contributed by atoms with Crippen LogP contribution in [0.5, 0.6) is 0 Å². The molecule has 1 saturated heterocycles. The van der Waals surface area contributed by atoms with Gasteiger partial charge in [0.15, 0.2) is 4.90 Å². The third-order valence-electron chi connectivity index (χ3n) is 3.12. The molecule has 4 nitrogen and oxygen atoms in total. The number of rotatable bonds is 3. The van der Waals surface area contributed by atoms with Gasteiger partial charge in [0.2, 0.25) is 10.0 Å². The van der Waals surface area contributed by atoms with Gasteiger partial charge >= 0.3 is 0 Å². The fourth-order valence-corrected chi connectivity index (χ4v) is 4.05. The van der Waals surface area contributed by atoms with Gasteiger partial charge in [-0.15, -0.1) is 0 Å². The summed E-state index contributed by atoms with van der Waals surface area (Å²) in [6.07, 6.45) is 1.12.